The van der Waals surface area contributed by atoms with Crippen LogP contribution in [0, 0.1) is 11.3 Å². The van der Waals surface area contributed by atoms with Crippen molar-refractivity contribution in [2.75, 3.05) is 76.5 Å². The SMILES string of the molecule is CN(CCOC(=O)NCCOCCOCCCCCCCl)c1cc2c(s1)-c1sc(/C=C(\C#N)c3nc4ccccc4s3)cc1S2(C)C. The number of hydrogen-bond donors (Lipinski definition) is 1. The number of nitriles is 1. The van der Waals surface area contributed by atoms with Crippen molar-refractivity contribution in [1.29, 1.82) is 5.26 Å². The van der Waals surface area contributed by atoms with Crippen molar-refractivity contribution < 1.29 is 19.0 Å². The first-order valence-corrected chi connectivity index (χ1v) is 21.1. The smallest absolute Gasteiger partial charge is 0.407 e. The molecular weight excluding hydrogens is 692 g/mol. The summed E-state index contributed by atoms with van der Waals surface area (Å²) >= 11 is 10.7. The minimum absolute atomic E-state index is 0.280. The third kappa shape index (κ3) is 9.09. The van der Waals surface area contributed by atoms with Gasteiger partial charge in [0.25, 0.3) is 0 Å². The molecule has 0 radical (unpaired) electrons. The zero-order valence-electron chi connectivity index (χ0n) is 27.0. The van der Waals surface area contributed by atoms with Crippen molar-refractivity contribution in [3.05, 3.63) is 46.3 Å². The van der Waals surface area contributed by atoms with E-state index in [-0.39, 0.29) is 6.61 Å². The summed E-state index contributed by atoms with van der Waals surface area (Å²) in [6, 6.07) is 14.9. The predicted molar refractivity (Wildman–Crippen MR) is 200 cm³/mol. The molecule has 13 heteroatoms. The maximum Gasteiger partial charge on any atom is 0.407 e. The van der Waals surface area contributed by atoms with Crippen molar-refractivity contribution in [3.8, 4) is 15.8 Å². The number of aromatic nitrogens is 1. The summed E-state index contributed by atoms with van der Waals surface area (Å²) in [5.41, 5.74) is 1.51. The molecule has 0 fully saturated rings. The van der Waals surface area contributed by atoms with E-state index in [1.54, 1.807) is 34.0 Å². The van der Waals surface area contributed by atoms with Crippen molar-refractivity contribution in [1.82, 2.24) is 10.3 Å². The molecule has 1 aromatic carbocycles. The van der Waals surface area contributed by atoms with Crippen molar-refractivity contribution in [3.63, 3.8) is 0 Å². The van der Waals surface area contributed by atoms with Gasteiger partial charge in [-0.05, 0) is 55.7 Å². The predicted octanol–water partition coefficient (Wildman–Crippen LogP) is 8.94. The molecule has 252 valence electrons. The molecule has 1 aliphatic rings. The molecule has 1 N–H and O–H groups in total. The standard InChI is InChI=1S/C34H41ClN4O4S4/c1-39(14-17-43-34(40)37-13-16-42-19-18-41-15-9-5-4-8-12-35)30-22-29-32(46-30)31-28(47(29,2)3)21-25(44-31)20-24(23-36)33-38-26-10-6-7-11-27(26)45-33/h6-7,10-11,20-22H,4-5,8-9,12-19H2,1-3H3,(H,37,40)/b24-20+. The second kappa shape index (κ2) is 17.2. The lowest BCUT2D eigenvalue weighted by Crippen LogP contribution is -2.31. The molecule has 3 aromatic heterocycles. The Morgan fingerprint density at radius 1 is 1.00 bits per heavy atom. The number of fused-ring (bicyclic) bond motifs is 4. The van der Waals surface area contributed by atoms with Gasteiger partial charge in [-0.25, -0.2) is 9.78 Å². The number of ether oxygens (including phenoxy) is 3. The number of thiazole rings is 1. The minimum Gasteiger partial charge on any atom is -0.448 e. The molecule has 0 unspecified atom stereocenters. The molecule has 0 atom stereocenters. The lowest BCUT2D eigenvalue weighted by Gasteiger charge is -2.26. The van der Waals surface area contributed by atoms with E-state index in [4.69, 9.17) is 30.8 Å². The highest BCUT2D eigenvalue weighted by molar-refractivity contribution is 8.33. The quantitative estimate of drug-likeness (QED) is 0.0620. The lowest BCUT2D eigenvalue weighted by molar-refractivity contribution is 0.0469. The van der Waals surface area contributed by atoms with Crippen LogP contribution >= 0.6 is 55.6 Å². The Hall–Kier alpha value is -2.63. The number of alkyl halides is 1. The summed E-state index contributed by atoms with van der Waals surface area (Å²) in [6.07, 6.45) is 10.6. The molecule has 0 saturated heterocycles. The number of carbonyl (C=O) groups is 1. The summed E-state index contributed by atoms with van der Waals surface area (Å²) in [5, 5.41) is 14.6. The van der Waals surface area contributed by atoms with Gasteiger partial charge in [-0.1, -0.05) is 25.0 Å². The first kappa shape index (κ1) is 35.7. The number of nitrogens with zero attached hydrogens (tertiary/aromatic N) is 3. The van der Waals surface area contributed by atoms with Gasteiger partial charge < -0.3 is 24.4 Å². The zero-order chi connectivity index (χ0) is 33.2. The Morgan fingerprint density at radius 2 is 1.74 bits per heavy atom. The van der Waals surface area contributed by atoms with E-state index >= 15 is 0 Å². The number of amides is 1. The van der Waals surface area contributed by atoms with Crippen molar-refractivity contribution in [2.45, 2.75) is 35.5 Å². The van der Waals surface area contributed by atoms with Crippen molar-refractivity contribution >= 4 is 88.6 Å². The fourth-order valence-corrected chi connectivity index (χ4v) is 12.4. The first-order chi connectivity index (χ1) is 22.8. The van der Waals surface area contributed by atoms with Crippen LogP contribution in [0.15, 0.2) is 46.2 Å². The number of hydrogen-bond acceptors (Lipinski definition) is 10. The number of alkyl carbamates (subject to hydrolysis) is 1. The van der Waals surface area contributed by atoms with Gasteiger partial charge in [-0.2, -0.15) is 15.3 Å². The molecule has 5 rings (SSSR count). The second-order valence-electron chi connectivity index (χ2n) is 11.4. The molecule has 8 nitrogen and oxygen atoms in total. The molecule has 0 spiro atoms. The maximum atomic E-state index is 12.2. The Balaban J connectivity index is 1.07. The third-order valence-corrected chi connectivity index (χ3v) is 14.7. The van der Waals surface area contributed by atoms with Gasteiger partial charge in [0.2, 0.25) is 0 Å². The Labute approximate surface area is 295 Å². The second-order valence-corrected chi connectivity index (χ2v) is 18.5. The fourth-order valence-electron chi connectivity index (χ4n) is 5.11. The molecule has 0 bridgehead atoms. The Kier molecular flexibility index (Phi) is 13.0. The molecule has 0 saturated carbocycles. The zero-order valence-corrected chi connectivity index (χ0v) is 31.0. The topological polar surface area (TPSA) is 96.7 Å². The molecule has 4 heterocycles. The summed E-state index contributed by atoms with van der Waals surface area (Å²) in [6.45, 7) is 3.46. The lowest BCUT2D eigenvalue weighted by atomic mass is 10.2. The number of allylic oxidation sites excluding steroid dienone is 1. The first-order valence-electron chi connectivity index (χ1n) is 15.6. The van der Waals surface area contributed by atoms with E-state index in [0.717, 1.165) is 63.3 Å². The number of likely N-dealkylation sites (N-methyl/N-ethyl adjacent to an activating group) is 1. The van der Waals surface area contributed by atoms with Crippen LogP contribution in [0.25, 0.3) is 31.6 Å². The van der Waals surface area contributed by atoms with Gasteiger partial charge in [-0.15, -0.1) is 45.6 Å². The normalized spacial score (nSPS) is 14.1. The fraction of sp³-hybridized carbons (Fsp3) is 0.441. The van der Waals surface area contributed by atoms with E-state index in [1.807, 2.05) is 37.4 Å². The average molecular weight is 733 g/mol. The molecule has 1 amide bonds. The maximum absolute atomic E-state index is 12.2. The molecular formula is C34H41ClN4O4S4. The number of rotatable bonds is 18. The van der Waals surface area contributed by atoms with Gasteiger partial charge >= 0.3 is 6.09 Å². The number of anilines is 1. The van der Waals surface area contributed by atoms with E-state index in [9.17, 15) is 10.1 Å². The van der Waals surface area contributed by atoms with Gasteiger partial charge in [0.15, 0.2) is 0 Å². The Bertz CT molecular complexity index is 1690. The number of carbonyl (C=O) groups excluding carboxylic acids is 1. The highest BCUT2D eigenvalue weighted by Gasteiger charge is 2.36. The monoisotopic (exact) mass is 732 g/mol. The van der Waals surface area contributed by atoms with Crippen LogP contribution in [0.3, 0.4) is 0 Å². The summed E-state index contributed by atoms with van der Waals surface area (Å²) in [4.78, 5) is 25.4. The van der Waals surface area contributed by atoms with Crippen LogP contribution in [0.1, 0.15) is 35.6 Å². The number of nitrogens with one attached hydrogen (secondary N) is 1. The number of benzene rings is 1. The van der Waals surface area contributed by atoms with Crippen LogP contribution in [0.5, 0.6) is 0 Å². The van der Waals surface area contributed by atoms with E-state index in [1.165, 1.54) is 19.5 Å². The summed E-state index contributed by atoms with van der Waals surface area (Å²) in [7, 11) is 0.834. The highest BCUT2D eigenvalue weighted by atomic mass is 35.5. The summed E-state index contributed by atoms with van der Waals surface area (Å²) < 4.78 is 17.6. The van der Waals surface area contributed by atoms with Gasteiger partial charge in [0.1, 0.15) is 17.7 Å². The average Bonchev–Trinajstić information content (AvgIpc) is 3.83. The molecule has 1 aliphatic heterocycles. The van der Waals surface area contributed by atoms with Crippen LogP contribution in [0.2, 0.25) is 0 Å². The minimum atomic E-state index is -1.20. The van der Waals surface area contributed by atoms with E-state index < -0.39 is 16.1 Å². The molecule has 4 aromatic rings. The number of unbranched alkanes of at least 4 members (excludes halogenated alkanes) is 3. The van der Waals surface area contributed by atoms with E-state index in [0.29, 0.717) is 38.5 Å². The third-order valence-electron chi connectivity index (χ3n) is 7.74. The highest BCUT2D eigenvalue weighted by Crippen LogP contribution is 2.71. The van der Waals surface area contributed by atoms with E-state index in [2.05, 4.69) is 40.9 Å². The van der Waals surface area contributed by atoms with Crippen LogP contribution < -0.4 is 10.2 Å². The van der Waals surface area contributed by atoms with Crippen LogP contribution in [0.4, 0.5) is 9.80 Å². The molecule has 0 aliphatic carbocycles. The number of thiophene rings is 2. The van der Waals surface area contributed by atoms with Gasteiger partial charge in [0.05, 0.1) is 56.9 Å². The Morgan fingerprint density at radius 3 is 2.53 bits per heavy atom. The molecule has 47 heavy (non-hydrogen) atoms. The van der Waals surface area contributed by atoms with Crippen LogP contribution in [-0.2, 0) is 14.2 Å². The summed E-state index contributed by atoms with van der Waals surface area (Å²) in [5.74, 6) is 0.724. The largest absolute Gasteiger partial charge is 0.448 e. The van der Waals surface area contributed by atoms with Gasteiger partial charge in [0, 0.05) is 40.7 Å². The van der Waals surface area contributed by atoms with Gasteiger partial charge in [-0.3, -0.25) is 0 Å². The van der Waals surface area contributed by atoms with Crippen LogP contribution in [-0.4, -0.2) is 82.6 Å². The number of halogens is 1. The number of para-hydroxylation sites is 1. The van der Waals surface area contributed by atoms with Crippen molar-refractivity contribution in [2.24, 2.45) is 0 Å².